The summed E-state index contributed by atoms with van der Waals surface area (Å²) in [6.45, 7) is 7.64. The van der Waals surface area contributed by atoms with Gasteiger partial charge in [0.1, 0.15) is 0 Å². The van der Waals surface area contributed by atoms with Gasteiger partial charge in [-0.15, -0.1) is 0 Å². The minimum atomic E-state index is 0.662. The molecule has 0 unspecified atom stereocenters. The van der Waals surface area contributed by atoms with Gasteiger partial charge in [0.25, 0.3) is 0 Å². The second-order valence-corrected chi connectivity index (χ2v) is 5.49. The minimum Gasteiger partial charge on any atom is -0.319 e. The molecule has 1 heterocycles. The van der Waals surface area contributed by atoms with Gasteiger partial charge in [-0.2, -0.15) is 0 Å². The van der Waals surface area contributed by atoms with Gasteiger partial charge < -0.3 is 10.2 Å². The Hall–Kier alpha value is -0.0800. The monoisotopic (exact) mass is 196 g/mol. The van der Waals surface area contributed by atoms with Crippen LogP contribution in [0.5, 0.6) is 0 Å². The fourth-order valence-electron chi connectivity index (χ4n) is 2.64. The Kier molecular flexibility index (Phi) is 3.13. The molecule has 0 bridgehead atoms. The molecule has 0 aromatic rings. The molecule has 0 atom stereocenters. The molecule has 0 radical (unpaired) electrons. The Morgan fingerprint density at radius 1 is 1.29 bits per heavy atom. The third-order valence-corrected chi connectivity index (χ3v) is 3.94. The van der Waals surface area contributed by atoms with Gasteiger partial charge in [0.05, 0.1) is 0 Å². The quantitative estimate of drug-likeness (QED) is 0.736. The zero-order chi connectivity index (χ0) is 10.0. The second kappa shape index (κ2) is 4.19. The Bertz CT molecular complexity index is 179. The van der Waals surface area contributed by atoms with E-state index >= 15 is 0 Å². The van der Waals surface area contributed by atoms with E-state index in [1.807, 2.05) is 0 Å². The van der Waals surface area contributed by atoms with Gasteiger partial charge in [0.15, 0.2) is 0 Å². The van der Waals surface area contributed by atoms with Crippen molar-refractivity contribution in [1.29, 1.82) is 0 Å². The van der Waals surface area contributed by atoms with Crippen molar-refractivity contribution in [3.63, 3.8) is 0 Å². The van der Waals surface area contributed by atoms with E-state index in [0.29, 0.717) is 5.41 Å². The van der Waals surface area contributed by atoms with Crippen LogP contribution in [0.3, 0.4) is 0 Å². The molecule has 0 aromatic carbocycles. The van der Waals surface area contributed by atoms with Crippen molar-refractivity contribution >= 4 is 0 Å². The summed E-state index contributed by atoms with van der Waals surface area (Å²) in [5.41, 5.74) is 0.662. The van der Waals surface area contributed by atoms with Crippen molar-refractivity contribution in [2.45, 2.75) is 32.6 Å². The third kappa shape index (κ3) is 2.48. The molecule has 2 heteroatoms. The average molecular weight is 196 g/mol. The largest absolute Gasteiger partial charge is 0.319 e. The first-order valence-corrected chi connectivity index (χ1v) is 6.11. The van der Waals surface area contributed by atoms with Gasteiger partial charge in [-0.05, 0) is 57.2 Å². The molecule has 2 rings (SSSR count). The Morgan fingerprint density at radius 2 is 1.93 bits per heavy atom. The van der Waals surface area contributed by atoms with E-state index in [0.717, 1.165) is 5.92 Å². The van der Waals surface area contributed by atoms with Crippen LogP contribution in [0.4, 0.5) is 0 Å². The van der Waals surface area contributed by atoms with Crippen molar-refractivity contribution in [1.82, 2.24) is 10.2 Å². The highest BCUT2D eigenvalue weighted by Gasteiger charge is 2.43. The first kappa shape index (κ1) is 10.4. The van der Waals surface area contributed by atoms with Crippen LogP contribution in [0.15, 0.2) is 0 Å². The zero-order valence-corrected chi connectivity index (χ0v) is 9.68. The summed E-state index contributed by atoms with van der Waals surface area (Å²) in [6, 6.07) is 0. The molecule has 1 saturated carbocycles. The highest BCUT2D eigenvalue weighted by atomic mass is 15.1. The summed E-state index contributed by atoms with van der Waals surface area (Å²) in [7, 11) is 2.08. The van der Waals surface area contributed by atoms with E-state index in [9.17, 15) is 0 Å². The maximum Gasteiger partial charge on any atom is 0.00501 e. The molecular weight excluding hydrogens is 172 g/mol. The Morgan fingerprint density at radius 3 is 2.43 bits per heavy atom. The fourth-order valence-corrected chi connectivity index (χ4v) is 2.64. The van der Waals surface area contributed by atoms with Crippen molar-refractivity contribution < 1.29 is 0 Å². The predicted molar refractivity (Wildman–Crippen MR) is 60.4 cm³/mol. The summed E-state index contributed by atoms with van der Waals surface area (Å²) in [6.07, 6.45) is 5.71. The standard InChI is InChI=1S/C12H24N2/c1-11-3-7-14(8-4-11)10-12(5-6-12)9-13-2/h11,13H,3-10H2,1-2H3. The first-order chi connectivity index (χ1) is 6.74. The van der Waals surface area contributed by atoms with Crippen LogP contribution in [-0.2, 0) is 0 Å². The number of likely N-dealkylation sites (tertiary alicyclic amines) is 1. The molecular formula is C12H24N2. The highest BCUT2D eigenvalue weighted by molar-refractivity contribution is 4.97. The van der Waals surface area contributed by atoms with Crippen LogP contribution in [-0.4, -0.2) is 38.1 Å². The lowest BCUT2D eigenvalue weighted by atomic mass is 9.97. The van der Waals surface area contributed by atoms with Crippen molar-refractivity contribution in [3.05, 3.63) is 0 Å². The smallest absolute Gasteiger partial charge is 0.00501 e. The zero-order valence-electron chi connectivity index (χ0n) is 9.68. The molecule has 1 aliphatic heterocycles. The molecule has 0 amide bonds. The highest BCUT2D eigenvalue weighted by Crippen LogP contribution is 2.45. The maximum absolute atomic E-state index is 3.34. The van der Waals surface area contributed by atoms with Crippen LogP contribution in [0.25, 0.3) is 0 Å². The fraction of sp³-hybridized carbons (Fsp3) is 1.00. The van der Waals surface area contributed by atoms with E-state index in [1.54, 1.807) is 0 Å². The number of hydrogen-bond acceptors (Lipinski definition) is 2. The number of nitrogens with zero attached hydrogens (tertiary/aromatic N) is 1. The van der Waals surface area contributed by atoms with Crippen molar-refractivity contribution in [2.24, 2.45) is 11.3 Å². The minimum absolute atomic E-state index is 0.662. The SMILES string of the molecule is CNCC1(CN2CCC(C)CC2)CC1. The van der Waals surface area contributed by atoms with Gasteiger partial charge in [0, 0.05) is 13.1 Å². The van der Waals surface area contributed by atoms with Crippen LogP contribution < -0.4 is 5.32 Å². The number of nitrogens with one attached hydrogen (secondary N) is 1. The van der Waals surface area contributed by atoms with Gasteiger partial charge in [0.2, 0.25) is 0 Å². The van der Waals surface area contributed by atoms with Gasteiger partial charge in [-0.3, -0.25) is 0 Å². The number of hydrogen-bond donors (Lipinski definition) is 1. The van der Waals surface area contributed by atoms with Crippen LogP contribution in [0, 0.1) is 11.3 Å². The first-order valence-electron chi connectivity index (χ1n) is 6.11. The Balaban J connectivity index is 1.75. The maximum atomic E-state index is 3.34. The lowest BCUT2D eigenvalue weighted by molar-refractivity contribution is 0.158. The van der Waals surface area contributed by atoms with Gasteiger partial charge in [-0.1, -0.05) is 6.92 Å². The van der Waals surface area contributed by atoms with E-state index < -0.39 is 0 Å². The molecule has 82 valence electrons. The third-order valence-electron chi connectivity index (χ3n) is 3.94. The summed E-state index contributed by atoms with van der Waals surface area (Å²) in [5, 5.41) is 3.34. The normalized spacial score (nSPS) is 27.9. The lowest BCUT2D eigenvalue weighted by Crippen LogP contribution is -2.39. The Labute approximate surface area is 88.1 Å². The lowest BCUT2D eigenvalue weighted by Gasteiger charge is -2.33. The molecule has 1 saturated heterocycles. The summed E-state index contributed by atoms with van der Waals surface area (Å²) >= 11 is 0. The van der Waals surface area contributed by atoms with Gasteiger partial charge in [-0.25, -0.2) is 0 Å². The van der Waals surface area contributed by atoms with Crippen LogP contribution >= 0.6 is 0 Å². The average Bonchev–Trinajstić information content (AvgIpc) is 2.90. The van der Waals surface area contributed by atoms with E-state index in [1.165, 1.54) is 51.9 Å². The predicted octanol–water partition coefficient (Wildman–Crippen LogP) is 1.72. The second-order valence-electron chi connectivity index (χ2n) is 5.49. The van der Waals surface area contributed by atoms with E-state index in [-0.39, 0.29) is 0 Å². The summed E-state index contributed by atoms with van der Waals surface area (Å²) in [4.78, 5) is 2.68. The molecule has 0 spiro atoms. The molecule has 14 heavy (non-hydrogen) atoms. The molecule has 2 nitrogen and oxygen atoms in total. The number of piperidine rings is 1. The summed E-state index contributed by atoms with van der Waals surface area (Å²) in [5.74, 6) is 0.964. The van der Waals surface area contributed by atoms with Crippen molar-refractivity contribution in [3.8, 4) is 0 Å². The van der Waals surface area contributed by atoms with E-state index in [2.05, 4.69) is 24.2 Å². The molecule has 2 aliphatic rings. The summed E-state index contributed by atoms with van der Waals surface area (Å²) < 4.78 is 0. The topological polar surface area (TPSA) is 15.3 Å². The molecule has 0 aromatic heterocycles. The van der Waals surface area contributed by atoms with Crippen LogP contribution in [0.2, 0.25) is 0 Å². The van der Waals surface area contributed by atoms with E-state index in [4.69, 9.17) is 0 Å². The molecule has 1 N–H and O–H groups in total. The molecule has 2 fully saturated rings. The van der Waals surface area contributed by atoms with Crippen LogP contribution in [0.1, 0.15) is 32.6 Å². The van der Waals surface area contributed by atoms with Gasteiger partial charge >= 0.3 is 0 Å². The number of rotatable bonds is 4. The van der Waals surface area contributed by atoms with Crippen molar-refractivity contribution in [2.75, 3.05) is 33.2 Å². The molecule has 1 aliphatic carbocycles.